The Kier molecular flexibility index (Phi) is 3.72. The average molecular weight is 294 g/mol. The molecule has 0 unspecified atom stereocenters. The fraction of sp³-hybridized carbons (Fsp3) is 0.385. The molecule has 0 aromatic carbocycles. The van der Waals surface area contributed by atoms with Crippen LogP contribution in [0.5, 0.6) is 0 Å². The van der Waals surface area contributed by atoms with Crippen molar-refractivity contribution in [2.45, 2.75) is 0 Å². The van der Waals surface area contributed by atoms with Gasteiger partial charge in [-0.1, -0.05) is 6.07 Å². The van der Waals surface area contributed by atoms with Crippen LogP contribution in [0.15, 0.2) is 27.4 Å². The summed E-state index contributed by atoms with van der Waals surface area (Å²) < 4.78 is 0. The Hall–Kier alpha value is -1.11. The molecule has 1 saturated heterocycles. The van der Waals surface area contributed by atoms with Crippen LogP contribution in [0.2, 0.25) is 0 Å². The van der Waals surface area contributed by atoms with Gasteiger partial charge < -0.3 is 9.80 Å². The van der Waals surface area contributed by atoms with Gasteiger partial charge in [0.25, 0.3) is 5.91 Å². The second-order valence-electron chi connectivity index (χ2n) is 4.77. The van der Waals surface area contributed by atoms with Crippen LogP contribution in [0.4, 0.5) is 0 Å². The highest BCUT2D eigenvalue weighted by molar-refractivity contribution is 8.18. The number of carbonyl (C=O) groups is 1. The van der Waals surface area contributed by atoms with E-state index in [1.54, 1.807) is 16.2 Å². The van der Waals surface area contributed by atoms with Crippen molar-refractivity contribution >= 4 is 40.2 Å². The van der Waals surface area contributed by atoms with Crippen LogP contribution in [-0.4, -0.2) is 49.2 Å². The number of amidine groups is 1. The Balaban J connectivity index is 1.70. The number of nitrogens with one attached hydrogen (secondary N) is 1. The number of quaternary nitrogens is 1. The first-order valence-corrected chi connectivity index (χ1v) is 8.04. The maximum Gasteiger partial charge on any atom is 0.286 e. The van der Waals surface area contributed by atoms with E-state index < -0.39 is 0 Å². The van der Waals surface area contributed by atoms with E-state index in [4.69, 9.17) is 0 Å². The molecular formula is C13H16N3OS2+. The number of amides is 1. The summed E-state index contributed by atoms with van der Waals surface area (Å²) in [7, 11) is 2.20. The van der Waals surface area contributed by atoms with Crippen molar-refractivity contribution in [1.82, 2.24) is 4.90 Å². The molecule has 2 aliphatic rings. The lowest BCUT2D eigenvalue weighted by Gasteiger charge is -2.30. The van der Waals surface area contributed by atoms with Gasteiger partial charge in [0.05, 0.1) is 38.1 Å². The monoisotopic (exact) mass is 294 g/mol. The van der Waals surface area contributed by atoms with Crippen LogP contribution >= 0.6 is 23.1 Å². The van der Waals surface area contributed by atoms with Crippen molar-refractivity contribution in [3.63, 3.8) is 0 Å². The summed E-state index contributed by atoms with van der Waals surface area (Å²) in [4.78, 5) is 21.7. The SMILES string of the molecule is C[NH+]1CCN(C2=NC(=O)C(=Cc3cccs3)S2)CC1. The quantitative estimate of drug-likeness (QED) is 0.769. The van der Waals surface area contributed by atoms with Gasteiger partial charge in [-0.25, -0.2) is 0 Å². The predicted octanol–water partition coefficient (Wildman–Crippen LogP) is 0.549. The topological polar surface area (TPSA) is 37.1 Å². The van der Waals surface area contributed by atoms with Crippen LogP contribution in [0.25, 0.3) is 6.08 Å². The molecule has 0 bridgehead atoms. The second-order valence-corrected chi connectivity index (χ2v) is 6.76. The summed E-state index contributed by atoms with van der Waals surface area (Å²) in [6.07, 6.45) is 1.94. The third kappa shape index (κ3) is 2.91. The van der Waals surface area contributed by atoms with E-state index in [-0.39, 0.29) is 5.91 Å². The van der Waals surface area contributed by atoms with Crippen molar-refractivity contribution in [3.05, 3.63) is 27.3 Å². The molecule has 3 heterocycles. The van der Waals surface area contributed by atoms with Crippen LogP contribution < -0.4 is 4.90 Å². The molecule has 100 valence electrons. The largest absolute Gasteiger partial charge is 0.339 e. The lowest BCUT2D eigenvalue weighted by atomic mass is 10.3. The molecule has 1 N–H and O–H groups in total. The molecule has 1 aromatic rings. The fourth-order valence-electron chi connectivity index (χ4n) is 2.12. The Bertz CT molecular complexity index is 528. The molecular weight excluding hydrogens is 278 g/mol. The summed E-state index contributed by atoms with van der Waals surface area (Å²) in [5, 5.41) is 2.89. The van der Waals surface area contributed by atoms with Crippen molar-refractivity contribution < 1.29 is 9.69 Å². The number of likely N-dealkylation sites (N-methyl/N-ethyl adjacent to an activating group) is 1. The van der Waals surface area contributed by atoms with E-state index in [1.807, 2.05) is 23.6 Å². The number of hydrogen-bond donors (Lipinski definition) is 1. The Morgan fingerprint density at radius 2 is 2.21 bits per heavy atom. The summed E-state index contributed by atoms with van der Waals surface area (Å²) in [5.74, 6) is -0.0975. The van der Waals surface area contributed by atoms with Gasteiger partial charge in [-0.15, -0.1) is 11.3 Å². The minimum absolute atomic E-state index is 0.0975. The smallest absolute Gasteiger partial charge is 0.286 e. The fourth-order valence-corrected chi connectivity index (χ4v) is 3.80. The Morgan fingerprint density at radius 1 is 1.42 bits per heavy atom. The molecule has 19 heavy (non-hydrogen) atoms. The minimum Gasteiger partial charge on any atom is -0.339 e. The number of thiophene rings is 1. The highest BCUT2D eigenvalue weighted by Gasteiger charge is 2.28. The third-order valence-corrected chi connectivity index (χ3v) is 5.18. The highest BCUT2D eigenvalue weighted by atomic mass is 32.2. The maximum atomic E-state index is 11.9. The van der Waals surface area contributed by atoms with Gasteiger partial charge in [0.2, 0.25) is 0 Å². The highest BCUT2D eigenvalue weighted by Crippen LogP contribution is 2.30. The maximum absolute atomic E-state index is 11.9. The number of piperazine rings is 1. The normalized spacial score (nSPS) is 23.2. The second kappa shape index (κ2) is 5.48. The first-order chi connectivity index (χ1) is 9.22. The molecule has 0 saturated carbocycles. The van der Waals surface area contributed by atoms with Gasteiger partial charge >= 0.3 is 0 Å². The van der Waals surface area contributed by atoms with E-state index >= 15 is 0 Å². The number of rotatable bonds is 1. The van der Waals surface area contributed by atoms with Crippen LogP contribution in [0.1, 0.15) is 4.88 Å². The molecule has 3 rings (SSSR count). The van der Waals surface area contributed by atoms with Crippen LogP contribution in [0, 0.1) is 0 Å². The van der Waals surface area contributed by atoms with Crippen molar-refractivity contribution in [3.8, 4) is 0 Å². The van der Waals surface area contributed by atoms with Crippen molar-refractivity contribution in [2.24, 2.45) is 4.99 Å². The van der Waals surface area contributed by atoms with Gasteiger partial charge in [-0.2, -0.15) is 4.99 Å². The predicted molar refractivity (Wildman–Crippen MR) is 80.5 cm³/mol. The van der Waals surface area contributed by atoms with Gasteiger partial charge in [0.1, 0.15) is 0 Å². The first-order valence-electron chi connectivity index (χ1n) is 6.35. The minimum atomic E-state index is -0.0975. The summed E-state index contributed by atoms with van der Waals surface area (Å²) >= 11 is 3.15. The molecule has 6 heteroatoms. The van der Waals surface area contributed by atoms with Gasteiger partial charge in [-0.05, 0) is 29.3 Å². The van der Waals surface area contributed by atoms with E-state index in [1.165, 1.54) is 11.8 Å². The van der Waals surface area contributed by atoms with Crippen LogP contribution in [0.3, 0.4) is 0 Å². The first kappa shape index (κ1) is 12.9. The molecule has 2 aliphatic heterocycles. The van der Waals surface area contributed by atoms with Gasteiger partial charge in [0.15, 0.2) is 5.17 Å². The number of thioether (sulfide) groups is 1. The van der Waals surface area contributed by atoms with Crippen molar-refractivity contribution in [2.75, 3.05) is 33.2 Å². The molecule has 0 spiro atoms. The third-order valence-electron chi connectivity index (χ3n) is 3.31. The number of nitrogens with zero attached hydrogens (tertiary/aromatic N) is 2. The molecule has 1 amide bonds. The molecule has 1 fully saturated rings. The number of hydrogen-bond acceptors (Lipinski definition) is 4. The summed E-state index contributed by atoms with van der Waals surface area (Å²) in [6.45, 7) is 4.18. The van der Waals surface area contributed by atoms with Gasteiger partial charge in [-0.3, -0.25) is 4.79 Å². The van der Waals surface area contributed by atoms with E-state index in [9.17, 15) is 4.79 Å². The lowest BCUT2D eigenvalue weighted by molar-refractivity contribution is -0.883. The molecule has 1 aromatic heterocycles. The summed E-state index contributed by atoms with van der Waals surface area (Å²) in [6, 6.07) is 4.01. The molecule has 0 aliphatic carbocycles. The van der Waals surface area contributed by atoms with E-state index in [0.29, 0.717) is 0 Å². The lowest BCUT2D eigenvalue weighted by Crippen LogP contribution is -3.12. The zero-order valence-electron chi connectivity index (χ0n) is 10.8. The standard InChI is InChI=1S/C13H15N3OS2/c1-15-4-6-16(7-5-15)13-14-12(17)11(19-13)9-10-3-2-8-18-10/h2-3,8-9H,4-7H2,1H3/p+1. The Morgan fingerprint density at radius 3 is 2.89 bits per heavy atom. The molecule has 0 radical (unpaired) electrons. The summed E-state index contributed by atoms with van der Waals surface area (Å²) in [5.41, 5.74) is 0. The molecule has 4 nitrogen and oxygen atoms in total. The van der Waals surface area contributed by atoms with E-state index in [0.717, 1.165) is 41.1 Å². The van der Waals surface area contributed by atoms with E-state index in [2.05, 4.69) is 16.9 Å². The zero-order valence-corrected chi connectivity index (χ0v) is 12.4. The zero-order chi connectivity index (χ0) is 13.2. The Labute approximate surface area is 120 Å². The number of carbonyl (C=O) groups excluding carboxylic acids is 1. The molecule has 0 atom stereocenters. The van der Waals surface area contributed by atoms with Gasteiger partial charge in [0, 0.05) is 4.88 Å². The number of aliphatic imine (C=N–C) groups is 1. The van der Waals surface area contributed by atoms with Crippen LogP contribution in [-0.2, 0) is 4.79 Å². The average Bonchev–Trinajstić information content (AvgIpc) is 3.02. The van der Waals surface area contributed by atoms with Crippen molar-refractivity contribution in [1.29, 1.82) is 0 Å².